The molecule has 30 heavy (non-hydrogen) atoms. The maximum atomic E-state index is 14.7. The smallest absolute Gasteiger partial charge is 0.221 e. The monoisotopic (exact) mass is 426 g/mol. The lowest BCUT2D eigenvalue weighted by atomic mass is 10.1. The van der Waals surface area contributed by atoms with Crippen LogP contribution in [0.2, 0.25) is 0 Å². The molecular formula is C20H19FN6O2S. The van der Waals surface area contributed by atoms with Crippen LogP contribution in [0.25, 0.3) is 22.0 Å². The number of nitrogens with zero attached hydrogens (tertiary/aromatic N) is 4. The quantitative estimate of drug-likeness (QED) is 0.481. The summed E-state index contributed by atoms with van der Waals surface area (Å²) in [5, 5.41) is 8.19. The Balaban J connectivity index is 1.88. The van der Waals surface area contributed by atoms with E-state index in [9.17, 15) is 12.8 Å². The van der Waals surface area contributed by atoms with Crippen LogP contribution in [0, 0.1) is 12.7 Å². The lowest BCUT2D eigenvalue weighted by molar-refractivity contribution is 0.600. The summed E-state index contributed by atoms with van der Waals surface area (Å²) in [7, 11) is -1.77. The third-order valence-corrected chi connectivity index (χ3v) is 5.99. The summed E-state index contributed by atoms with van der Waals surface area (Å²) < 4.78 is 38.6. The van der Waals surface area contributed by atoms with Gasteiger partial charge in [0.2, 0.25) is 5.95 Å². The summed E-state index contributed by atoms with van der Waals surface area (Å²) in [5.74, 6) is -0.251. The number of nitrogens with one attached hydrogen (secondary N) is 1. The lowest BCUT2D eigenvalue weighted by Crippen LogP contribution is -2.14. The van der Waals surface area contributed by atoms with E-state index in [1.165, 1.54) is 18.3 Å². The van der Waals surface area contributed by atoms with Gasteiger partial charge in [-0.3, -0.25) is 5.10 Å². The largest absolute Gasteiger partial charge is 0.368 e. The highest BCUT2D eigenvalue weighted by molar-refractivity contribution is 7.90. The molecule has 0 radical (unpaired) electrons. The van der Waals surface area contributed by atoms with E-state index in [1.54, 1.807) is 11.9 Å². The molecule has 0 fully saturated rings. The fourth-order valence-corrected chi connectivity index (χ4v) is 3.89. The second-order valence-electron chi connectivity index (χ2n) is 6.99. The molecule has 0 saturated carbocycles. The first-order valence-electron chi connectivity index (χ1n) is 8.96. The van der Waals surface area contributed by atoms with E-state index in [0.29, 0.717) is 11.4 Å². The summed E-state index contributed by atoms with van der Waals surface area (Å²) in [6, 6.07) is 9.29. The first-order valence-corrected chi connectivity index (χ1v) is 10.9. The van der Waals surface area contributed by atoms with Gasteiger partial charge in [0.1, 0.15) is 11.6 Å². The number of nitrogens with two attached hydrogens (primary N) is 1. The fraction of sp³-hybridized carbons (Fsp3) is 0.150. The van der Waals surface area contributed by atoms with Crippen LogP contribution in [0.15, 0.2) is 47.5 Å². The van der Waals surface area contributed by atoms with Crippen molar-refractivity contribution in [2.45, 2.75) is 11.8 Å². The van der Waals surface area contributed by atoms with Crippen molar-refractivity contribution in [3.05, 3.63) is 54.1 Å². The average molecular weight is 426 g/mol. The number of rotatable bonds is 4. The number of hydrogen-bond donors (Lipinski definition) is 2. The number of anilines is 3. The molecule has 0 atom stereocenters. The van der Waals surface area contributed by atoms with E-state index < -0.39 is 15.7 Å². The summed E-state index contributed by atoms with van der Waals surface area (Å²) in [6.45, 7) is 1.93. The van der Waals surface area contributed by atoms with Crippen molar-refractivity contribution in [1.29, 1.82) is 0 Å². The lowest BCUT2D eigenvalue weighted by Gasteiger charge is -2.22. The fourth-order valence-electron chi connectivity index (χ4n) is 3.24. The van der Waals surface area contributed by atoms with Gasteiger partial charge in [0.15, 0.2) is 9.84 Å². The standard InChI is InChI=1S/C20H19FN6O2S/c1-11-14-6-4-12(8-18(14)26-25-11)27(2)19-16(10-23-20(22)24-19)15-9-13(30(3,28)29)5-7-17(15)21/h4-10H,1-3H3,(H,25,26)(H2,22,23,24). The molecule has 10 heteroatoms. The third-order valence-electron chi connectivity index (χ3n) is 4.88. The molecule has 0 aliphatic heterocycles. The van der Waals surface area contributed by atoms with E-state index in [-0.39, 0.29) is 16.4 Å². The van der Waals surface area contributed by atoms with Gasteiger partial charge in [0.05, 0.1) is 10.4 Å². The first kappa shape index (κ1) is 19.8. The number of benzene rings is 2. The Kier molecular flexibility index (Phi) is 4.65. The molecule has 0 amide bonds. The summed E-state index contributed by atoms with van der Waals surface area (Å²) in [6.07, 6.45) is 2.45. The molecule has 3 N–H and O–H groups in total. The molecule has 8 nitrogen and oxygen atoms in total. The highest BCUT2D eigenvalue weighted by atomic mass is 32.2. The van der Waals surface area contributed by atoms with Crippen molar-refractivity contribution in [2.75, 3.05) is 23.9 Å². The topological polar surface area (TPSA) is 118 Å². The van der Waals surface area contributed by atoms with Gasteiger partial charge in [-0.25, -0.2) is 17.8 Å². The van der Waals surface area contributed by atoms with Crippen LogP contribution in [0.3, 0.4) is 0 Å². The molecule has 2 heterocycles. The van der Waals surface area contributed by atoms with Crippen molar-refractivity contribution in [3.63, 3.8) is 0 Å². The third kappa shape index (κ3) is 3.45. The Labute approximate surface area is 172 Å². The van der Waals surface area contributed by atoms with Crippen LogP contribution < -0.4 is 10.6 Å². The number of halogens is 1. The number of aryl methyl sites for hydroxylation is 1. The van der Waals surface area contributed by atoms with Gasteiger partial charge in [-0.2, -0.15) is 10.1 Å². The zero-order valence-corrected chi connectivity index (χ0v) is 17.3. The van der Waals surface area contributed by atoms with E-state index in [0.717, 1.165) is 34.6 Å². The van der Waals surface area contributed by atoms with Gasteiger partial charge in [-0.05, 0) is 43.3 Å². The number of nitrogen functional groups attached to an aromatic ring is 1. The average Bonchev–Trinajstić information content (AvgIpc) is 3.07. The molecule has 0 aliphatic rings. The minimum absolute atomic E-state index is 0.00209. The van der Waals surface area contributed by atoms with Crippen LogP contribution in [0.1, 0.15) is 5.69 Å². The molecule has 0 saturated heterocycles. The zero-order valence-electron chi connectivity index (χ0n) is 16.5. The van der Waals surface area contributed by atoms with Gasteiger partial charge in [-0.1, -0.05) is 0 Å². The van der Waals surface area contributed by atoms with E-state index in [4.69, 9.17) is 5.73 Å². The summed E-state index contributed by atoms with van der Waals surface area (Å²) in [4.78, 5) is 10.0. The number of fused-ring (bicyclic) bond motifs is 1. The van der Waals surface area contributed by atoms with Crippen molar-refractivity contribution in [1.82, 2.24) is 20.2 Å². The van der Waals surface area contributed by atoms with Gasteiger partial charge in [0, 0.05) is 47.4 Å². The number of H-pyrrole nitrogens is 1. The molecule has 0 bridgehead atoms. The zero-order chi connectivity index (χ0) is 21.6. The Hall–Kier alpha value is -3.53. The van der Waals surface area contributed by atoms with Crippen LogP contribution in [0.4, 0.5) is 21.8 Å². The van der Waals surface area contributed by atoms with Crippen LogP contribution in [0.5, 0.6) is 0 Å². The van der Waals surface area contributed by atoms with Crippen LogP contribution in [-0.4, -0.2) is 41.9 Å². The maximum Gasteiger partial charge on any atom is 0.221 e. The van der Waals surface area contributed by atoms with Crippen molar-refractivity contribution in [3.8, 4) is 11.1 Å². The van der Waals surface area contributed by atoms with Crippen molar-refractivity contribution >= 4 is 38.2 Å². The molecule has 0 unspecified atom stereocenters. The molecule has 2 aromatic carbocycles. The molecule has 0 aliphatic carbocycles. The minimum Gasteiger partial charge on any atom is -0.368 e. The molecule has 0 spiro atoms. The van der Waals surface area contributed by atoms with Gasteiger partial charge >= 0.3 is 0 Å². The SMILES string of the molecule is Cc1[nH]nc2cc(N(C)c3nc(N)ncc3-c3cc(S(C)(=O)=O)ccc3F)ccc12. The second kappa shape index (κ2) is 7.06. The molecule has 154 valence electrons. The molecule has 2 aromatic heterocycles. The highest BCUT2D eigenvalue weighted by Gasteiger charge is 2.20. The Morgan fingerprint density at radius 3 is 2.63 bits per heavy atom. The predicted molar refractivity (Wildman–Crippen MR) is 114 cm³/mol. The maximum absolute atomic E-state index is 14.7. The van der Waals surface area contributed by atoms with E-state index in [2.05, 4.69) is 20.2 Å². The van der Waals surface area contributed by atoms with Gasteiger partial charge in [0.25, 0.3) is 0 Å². The Bertz CT molecular complexity index is 1380. The summed E-state index contributed by atoms with van der Waals surface area (Å²) >= 11 is 0. The van der Waals surface area contributed by atoms with Crippen molar-refractivity contribution in [2.24, 2.45) is 0 Å². The Morgan fingerprint density at radius 1 is 1.13 bits per heavy atom. The van der Waals surface area contributed by atoms with Gasteiger partial charge < -0.3 is 10.6 Å². The van der Waals surface area contributed by atoms with E-state index >= 15 is 0 Å². The first-order chi connectivity index (χ1) is 14.1. The minimum atomic E-state index is -3.52. The normalized spacial score (nSPS) is 11.7. The number of aromatic amines is 1. The number of sulfone groups is 1. The number of aromatic nitrogens is 4. The van der Waals surface area contributed by atoms with Crippen LogP contribution >= 0.6 is 0 Å². The van der Waals surface area contributed by atoms with Crippen LogP contribution in [-0.2, 0) is 9.84 Å². The predicted octanol–water partition coefficient (Wildman–Crippen LogP) is 3.22. The molecular weight excluding hydrogens is 407 g/mol. The van der Waals surface area contributed by atoms with E-state index in [1.807, 2.05) is 25.1 Å². The second-order valence-corrected chi connectivity index (χ2v) is 9.00. The molecule has 4 aromatic rings. The van der Waals surface area contributed by atoms with Crippen molar-refractivity contribution < 1.29 is 12.8 Å². The number of hydrogen-bond acceptors (Lipinski definition) is 7. The van der Waals surface area contributed by atoms with Gasteiger partial charge in [-0.15, -0.1) is 0 Å². The molecule has 4 rings (SSSR count). The summed E-state index contributed by atoms with van der Waals surface area (Å²) in [5.41, 5.74) is 8.64. The highest BCUT2D eigenvalue weighted by Crippen LogP contribution is 2.36. The Morgan fingerprint density at radius 2 is 1.90 bits per heavy atom.